The Balaban J connectivity index is 2.93. The van der Waals surface area contributed by atoms with Gasteiger partial charge in [-0.15, -0.1) is 0 Å². The first kappa shape index (κ1) is 8.17. The van der Waals surface area contributed by atoms with Crippen LogP contribution in [0, 0.1) is 0 Å². The maximum absolute atomic E-state index is 5.88. The second-order valence-electron chi connectivity index (χ2n) is 2.27. The molecule has 0 amide bonds. The molecule has 0 saturated carbocycles. The van der Waals surface area contributed by atoms with Crippen LogP contribution in [-0.4, -0.2) is 9.61 Å². The molecule has 0 spiro atoms. The van der Waals surface area contributed by atoms with Crippen LogP contribution in [0.1, 0.15) is 0 Å². The fourth-order valence-corrected chi connectivity index (χ4v) is 1.84. The molecule has 0 aliphatic rings. The summed E-state index contributed by atoms with van der Waals surface area (Å²) in [4.78, 5) is 0. The fraction of sp³-hybridized carbons (Fsp3) is 0. The van der Waals surface area contributed by atoms with E-state index in [4.69, 9.17) is 34.8 Å². The third kappa shape index (κ3) is 1.16. The topological polar surface area (TPSA) is 17.3 Å². The van der Waals surface area contributed by atoms with E-state index in [0.29, 0.717) is 20.7 Å². The number of aromatic nitrogens is 2. The molecule has 0 radical (unpaired) electrons. The number of halogens is 3. The molecule has 12 heavy (non-hydrogen) atoms. The first-order chi connectivity index (χ1) is 5.68. The van der Waals surface area contributed by atoms with Gasteiger partial charge in [-0.05, 0) is 12.1 Å². The summed E-state index contributed by atoms with van der Waals surface area (Å²) < 4.78 is 1.55. The van der Waals surface area contributed by atoms with Gasteiger partial charge in [0.1, 0.15) is 5.52 Å². The summed E-state index contributed by atoms with van der Waals surface area (Å²) >= 11 is 17.4. The average Bonchev–Trinajstić information content (AvgIpc) is 2.31. The number of hydrogen-bond donors (Lipinski definition) is 0. The molecule has 0 N–H and O–H groups in total. The van der Waals surface area contributed by atoms with Crippen LogP contribution < -0.4 is 0 Å². The van der Waals surface area contributed by atoms with Crippen LogP contribution in [0.2, 0.25) is 15.2 Å². The third-order valence-corrected chi connectivity index (χ3v) is 2.27. The zero-order chi connectivity index (χ0) is 8.72. The molecule has 0 fully saturated rings. The summed E-state index contributed by atoms with van der Waals surface area (Å²) in [6.45, 7) is 0. The van der Waals surface area contributed by atoms with Gasteiger partial charge in [-0.3, -0.25) is 0 Å². The summed E-state index contributed by atoms with van der Waals surface area (Å²) in [7, 11) is 0. The highest BCUT2D eigenvalue weighted by Gasteiger charge is 2.06. The molecule has 5 heteroatoms. The largest absolute Gasteiger partial charge is 0.236 e. The van der Waals surface area contributed by atoms with E-state index in [-0.39, 0.29) is 0 Å². The normalized spacial score (nSPS) is 10.9. The van der Waals surface area contributed by atoms with Gasteiger partial charge in [0.25, 0.3) is 0 Å². The maximum atomic E-state index is 5.88. The second kappa shape index (κ2) is 2.80. The lowest BCUT2D eigenvalue weighted by Crippen LogP contribution is -1.89. The van der Waals surface area contributed by atoms with Crippen molar-refractivity contribution in [2.24, 2.45) is 0 Å². The van der Waals surface area contributed by atoms with Crippen LogP contribution in [0.25, 0.3) is 5.52 Å². The van der Waals surface area contributed by atoms with Crippen molar-refractivity contribution in [2.45, 2.75) is 0 Å². The predicted molar refractivity (Wildman–Crippen MR) is 50.2 cm³/mol. The summed E-state index contributed by atoms with van der Waals surface area (Å²) in [6.07, 6.45) is 1.70. The van der Waals surface area contributed by atoms with Crippen LogP contribution in [-0.2, 0) is 0 Å². The van der Waals surface area contributed by atoms with Gasteiger partial charge in [-0.2, -0.15) is 5.10 Å². The fourth-order valence-electron chi connectivity index (χ4n) is 1.01. The van der Waals surface area contributed by atoms with Crippen molar-refractivity contribution in [1.82, 2.24) is 9.61 Å². The molecule has 0 aliphatic heterocycles. The van der Waals surface area contributed by atoms with Crippen LogP contribution in [0.4, 0.5) is 0 Å². The van der Waals surface area contributed by atoms with Gasteiger partial charge in [-0.25, -0.2) is 4.52 Å². The summed E-state index contributed by atoms with van der Waals surface area (Å²) in [6, 6.07) is 3.27. The molecule has 0 unspecified atom stereocenters. The molecule has 0 aromatic carbocycles. The molecule has 2 nitrogen and oxygen atoms in total. The van der Waals surface area contributed by atoms with Crippen molar-refractivity contribution in [1.29, 1.82) is 0 Å². The minimum atomic E-state index is 0.347. The lowest BCUT2D eigenvalue weighted by molar-refractivity contribution is 0.942. The van der Waals surface area contributed by atoms with E-state index in [1.54, 1.807) is 22.8 Å². The van der Waals surface area contributed by atoms with Gasteiger partial charge in [0, 0.05) is 6.20 Å². The Morgan fingerprint density at radius 2 is 1.92 bits per heavy atom. The smallest absolute Gasteiger partial charge is 0.151 e. The molecule has 0 saturated heterocycles. The van der Waals surface area contributed by atoms with Gasteiger partial charge in [0.05, 0.1) is 10.0 Å². The van der Waals surface area contributed by atoms with Gasteiger partial charge >= 0.3 is 0 Å². The molecule has 62 valence electrons. The highest BCUT2D eigenvalue weighted by molar-refractivity contribution is 6.40. The molecule has 0 aliphatic carbocycles. The summed E-state index contributed by atoms with van der Waals surface area (Å²) in [5, 5.41) is 5.40. The highest BCUT2D eigenvalue weighted by Crippen LogP contribution is 2.26. The average molecular weight is 221 g/mol. The number of fused-ring (bicyclic) bond motifs is 1. The number of rotatable bonds is 0. The van der Waals surface area contributed by atoms with Crippen LogP contribution in [0.5, 0.6) is 0 Å². The molecule has 0 atom stereocenters. The lowest BCUT2D eigenvalue weighted by Gasteiger charge is -1.97. The molecule has 2 aromatic heterocycles. The molecule has 2 heterocycles. The van der Waals surface area contributed by atoms with Crippen LogP contribution >= 0.6 is 34.8 Å². The monoisotopic (exact) mass is 220 g/mol. The van der Waals surface area contributed by atoms with Crippen molar-refractivity contribution in [2.75, 3.05) is 0 Å². The molecular weight excluding hydrogens is 218 g/mol. The van der Waals surface area contributed by atoms with E-state index >= 15 is 0 Å². The lowest BCUT2D eigenvalue weighted by atomic mass is 10.4. The molecule has 0 bridgehead atoms. The van der Waals surface area contributed by atoms with E-state index in [1.807, 2.05) is 0 Å². The first-order valence-corrected chi connectivity index (χ1v) is 4.31. The summed E-state index contributed by atoms with van der Waals surface area (Å²) in [5.74, 6) is 0. The van der Waals surface area contributed by atoms with Crippen LogP contribution in [0.3, 0.4) is 0 Å². The van der Waals surface area contributed by atoms with Crippen molar-refractivity contribution in [3.8, 4) is 0 Å². The Bertz CT molecular complexity index is 435. The minimum Gasteiger partial charge on any atom is -0.236 e. The Labute approximate surface area is 83.6 Å². The molecule has 2 rings (SSSR count). The van der Waals surface area contributed by atoms with Gasteiger partial charge in [0.15, 0.2) is 5.15 Å². The van der Waals surface area contributed by atoms with Gasteiger partial charge < -0.3 is 0 Å². The SMILES string of the molecule is Clc1cc(Cl)c2c(Cl)ccn2n1. The van der Waals surface area contributed by atoms with E-state index in [9.17, 15) is 0 Å². The third-order valence-electron chi connectivity index (χ3n) is 1.49. The number of hydrogen-bond acceptors (Lipinski definition) is 1. The maximum Gasteiger partial charge on any atom is 0.151 e. The summed E-state index contributed by atoms with van der Waals surface area (Å²) in [5.41, 5.74) is 0.683. The zero-order valence-electron chi connectivity index (χ0n) is 5.76. The minimum absolute atomic E-state index is 0.347. The Kier molecular flexibility index (Phi) is 1.91. The van der Waals surface area contributed by atoms with E-state index < -0.39 is 0 Å². The molecule has 2 aromatic rings. The van der Waals surface area contributed by atoms with Crippen molar-refractivity contribution < 1.29 is 0 Å². The van der Waals surface area contributed by atoms with Crippen LogP contribution in [0.15, 0.2) is 18.3 Å². The van der Waals surface area contributed by atoms with Gasteiger partial charge in [-0.1, -0.05) is 34.8 Å². The van der Waals surface area contributed by atoms with E-state index in [2.05, 4.69) is 5.10 Å². The second-order valence-corrected chi connectivity index (χ2v) is 3.47. The van der Waals surface area contributed by atoms with Crippen molar-refractivity contribution >= 4 is 40.3 Å². The highest BCUT2D eigenvalue weighted by atomic mass is 35.5. The zero-order valence-corrected chi connectivity index (χ0v) is 8.03. The van der Waals surface area contributed by atoms with E-state index in [0.717, 1.165) is 0 Å². The Hall–Kier alpha value is -0.440. The number of nitrogens with zero attached hydrogens (tertiary/aromatic N) is 2. The Morgan fingerprint density at radius 1 is 1.17 bits per heavy atom. The van der Waals surface area contributed by atoms with Gasteiger partial charge in [0.2, 0.25) is 0 Å². The first-order valence-electron chi connectivity index (χ1n) is 3.17. The van der Waals surface area contributed by atoms with Crippen molar-refractivity contribution in [3.05, 3.63) is 33.5 Å². The Morgan fingerprint density at radius 3 is 2.67 bits per heavy atom. The quantitative estimate of drug-likeness (QED) is 0.667. The molecular formula is C7H3Cl3N2. The van der Waals surface area contributed by atoms with E-state index in [1.165, 1.54) is 0 Å². The predicted octanol–water partition coefficient (Wildman–Crippen LogP) is 3.29. The standard InChI is InChI=1S/C7H3Cl3N2/c8-4-1-2-12-7(4)5(9)3-6(10)11-12/h1-3H. The van der Waals surface area contributed by atoms with Crippen molar-refractivity contribution in [3.63, 3.8) is 0 Å².